The van der Waals surface area contributed by atoms with Crippen molar-refractivity contribution in [3.8, 4) is 10.7 Å². The van der Waals surface area contributed by atoms with Gasteiger partial charge in [-0.1, -0.05) is 16.8 Å². The van der Waals surface area contributed by atoms with Crippen LogP contribution in [0.3, 0.4) is 0 Å². The van der Waals surface area contributed by atoms with E-state index < -0.39 is 0 Å². The molecular weight excluding hydrogens is 234 g/mol. The Morgan fingerprint density at radius 3 is 3.07 bits per heavy atom. The molecule has 2 heterocycles. The fraction of sp³-hybridized carbons (Fsp3) is 0.333. The first-order valence-electron chi connectivity index (χ1n) is 4.52. The van der Waals surface area contributed by atoms with E-state index in [4.69, 9.17) is 16.1 Å². The molecule has 15 heavy (non-hydrogen) atoms. The van der Waals surface area contributed by atoms with Crippen LogP contribution in [0.25, 0.3) is 10.7 Å². The molecule has 0 spiro atoms. The van der Waals surface area contributed by atoms with Gasteiger partial charge in [0.1, 0.15) is 0 Å². The number of halogens is 1. The molecule has 1 N–H and O–H groups in total. The highest BCUT2D eigenvalue weighted by atomic mass is 35.5. The quantitative estimate of drug-likeness (QED) is 0.895. The molecule has 0 unspecified atom stereocenters. The van der Waals surface area contributed by atoms with E-state index >= 15 is 0 Å². The zero-order valence-electron chi connectivity index (χ0n) is 8.16. The minimum atomic E-state index is 0.609. The van der Waals surface area contributed by atoms with Crippen LogP contribution in [0.1, 0.15) is 5.89 Å². The standard InChI is InChI=1S/C9H10ClN3OS/c1-11-5-4-8-12-9(13-14-8)6-2-3-7(10)15-6/h2-3,11H,4-5H2,1H3. The first-order valence-corrected chi connectivity index (χ1v) is 5.72. The van der Waals surface area contributed by atoms with Gasteiger partial charge in [-0.05, 0) is 19.2 Å². The van der Waals surface area contributed by atoms with Gasteiger partial charge < -0.3 is 9.84 Å². The van der Waals surface area contributed by atoms with Crippen molar-refractivity contribution in [3.05, 3.63) is 22.4 Å². The van der Waals surface area contributed by atoms with Crippen molar-refractivity contribution in [1.82, 2.24) is 15.5 Å². The van der Waals surface area contributed by atoms with Crippen molar-refractivity contribution in [1.29, 1.82) is 0 Å². The summed E-state index contributed by atoms with van der Waals surface area (Å²) in [5.41, 5.74) is 0. The maximum Gasteiger partial charge on any atom is 0.228 e. The van der Waals surface area contributed by atoms with Gasteiger partial charge in [0.25, 0.3) is 0 Å². The monoisotopic (exact) mass is 243 g/mol. The van der Waals surface area contributed by atoms with E-state index in [0.717, 1.165) is 22.2 Å². The van der Waals surface area contributed by atoms with E-state index in [2.05, 4.69) is 15.5 Å². The number of nitrogens with zero attached hydrogens (tertiary/aromatic N) is 2. The van der Waals surface area contributed by atoms with Gasteiger partial charge in [-0.25, -0.2) is 0 Å². The Bertz CT molecular complexity index is 440. The predicted octanol–water partition coefficient (Wildman–Crippen LogP) is 2.21. The lowest BCUT2D eigenvalue weighted by Crippen LogP contribution is -2.10. The second-order valence-corrected chi connectivity index (χ2v) is 4.68. The number of likely N-dealkylation sites (N-methyl/N-ethyl adjacent to an activating group) is 1. The normalized spacial score (nSPS) is 10.8. The average molecular weight is 244 g/mol. The van der Waals surface area contributed by atoms with E-state index in [1.807, 2.05) is 19.2 Å². The van der Waals surface area contributed by atoms with Crippen molar-refractivity contribution in [2.75, 3.05) is 13.6 Å². The number of thiophene rings is 1. The Kier molecular flexibility index (Phi) is 3.35. The molecule has 4 nitrogen and oxygen atoms in total. The van der Waals surface area contributed by atoms with Gasteiger partial charge in [-0.3, -0.25) is 0 Å². The van der Waals surface area contributed by atoms with Crippen LogP contribution in [0.15, 0.2) is 16.7 Å². The average Bonchev–Trinajstić information content (AvgIpc) is 2.83. The molecule has 0 amide bonds. The Balaban J connectivity index is 2.13. The topological polar surface area (TPSA) is 51.0 Å². The van der Waals surface area contributed by atoms with Gasteiger partial charge in [0.2, 0.25) is 11.7 Å². The van der Waals surface area contributed by atoms with Crippen LogP contribution in [0.4, 0.5) is 0 Å². The van der Waals surface area contributed by atoms with Crippen molar-refractivity contribution >= 4 is 22.9 Å². The van der Waals surface area contributed by atoms with Crippen LogP contribution in [-0.4, -0.2) is 23.7 Å². The summed E-state index contributed by atoms with van der Waals surface area (Å²) >= 11 is 7.27. The van der Waals surface area contributed by atoms with Crippen molar-refractivity contribution in [2.24, 2.45) is 0 Å². The maximum absolute atomic E-state index is 5.82. The lowest BCUT2D eigenvalue weighted by Gasteiger charge is -1.90. The molecule has 0 aliphatic carbocycles. The molecule has 0 aromatic carbocycles. The van der Waals surface area contributed by atoms with E-state index in [1.165, 1.54) is 11.3 Å². The van der Waals surface area contributed by atoms with Crippen LogP contribution in [0.2, 0.25) is 4.34 Å². The lowest BCUT2D eigenvalue weighted by atomic mass is 10.4. The molecular formula is C9H10ClN3OS. The van der Waals surface area contributed by atoms with Crippen LogP contribution in [0, 0.1) is 0 Å². The molecule has 0 saturated carbocycles. The Hall–Kier alpha value is -0.910. The molecule has 0 saturated heterocycles. The molecule has 0 fully saturated rings. The SMILES string of the molecule is CNCCc1nc(-c2ccc(Cl)s2)no1. The van der Waals surface area contributed by atoms with E-state index in [1.54, 1.807) is 0 Å². The van der Waals surface area contributed by atoms with Gasteiger partial charge in [0.15, 0.2) is 0 Å². The summed E-state index contributed by atoms with van der Waals surface area (Å²) < 4.78 is 5.82. The van der Waals surface area contributed by atoms with Crippen molar-refractivity contribution in [2.45, 2.75) is 6.42 Å². The summed E-state index contributed by atoms with van der Waals surface area (Å²) in [7, 11) is 1.89. The first kappa shape index (κ1) is 10.6. The van der Waals surface area contributed by atoms with Crippen LogP contribution in [0.5, 0.6) is 0 Å². The smallest absolute Gasteiger partial charge is 0.228 e. The number of hydrogen-bond acceptors (Lipinski definition) is 5. The zero-order chi connectivity index (χ0) is 10.7. The number of aromatic nitrogens is 2. The first-order chi connectivity index (χ1) is 7.29. The zero-order valence-corrected chi connectivity index (χ0v) is 9.73. The van der Waals surface area contributed by atoms with Gasteiger partial charge in [0, 0.05) is 13.0 Å². The maximum atomic E-state index is 5.82. The minimum absolute atomic E-state index is 0.609. The summed E-state index contributed by atoms with van der Waals surface area (Å²) in [5.74, 6) is 1.25. The van der Waals surface area contributed by atoms with Gasteiger partial charge in [0.05, 0.1) is 9.21 Å². The Labute approximate surface area is 96.3 Å². The minimum Gasteiger partial charge on any atom is -0.339 e. The van der Waals surface area contributed by atoms with E-state index in [9.17, 15) is 0 Å². The van der Waals surface area contributed by atoms with Crippen LogP contribution < -0.4 is 5.32 Å². The van der Waals surface area contributed by atoms with Crippen molar-refractivity contribution in [3.63, 3.8) is 0 Å². The van der Waals surface area contributed by atoms with Gasteiger partial charge in [-0.2, -0.15) is 4.98 Å². The largest absolute Gasteiger partial charge is 0.339 e. The highest BCUT2D eigenvalue weighted by Crippen LogP contribution is 2.28. The number of hydrogen-bond donors (Lipinski definition) is 1. The van der Waals surface area contributed by atoms with E-state index in [-0.39, 0.29) is 0 Å². The Morgan fingerprint density at radius 1 is 1.53 bits per heavy atom. The molecule has 2 rings (SSSR count). The molecule has 0 atom stereocenters. The molecule has 6 heteroatoms. The summed E-state index contributed by atoms with van der Waals surface area (Å²) in [4.78, 5) is 5.20. The molecule has 0 aliphatic heterocycles. The second kappa shape index (κ2) is 4.74. The van der Waals surface area contributed by atoms with Crippen LogP contribution >= 0.6 is 22.9 Å². The highest BCUT2D eigenvalue weighted by molar-refractivity contribution is 7.19. The number of rotatable bonds is 4. The third-order valence-electron chi connectivity index (χ3n) is 1.85. The summed E-state index contributed by atoms with van der Waals surface area (Å²) in [6, 6.07) is 3.71. The molecule has 80 valence electrons. The number of nitrogens with one attached hydrogen (secondary N) is 1. The summed E-state index contributed by atoms with van der Waals surface area (Å²) in [6.07, 6.45) is 0.739. The van der Waals surface area contributed by atoms with Gasteiger partial charge in [-0.15, -0.1) is 11.3 Å². The summed E-state index contributed by atoms with van der Waals surface area (Å²) in [5, 5.41) is 6.91. The molecule has 0 bridgehead atoms. The van der Waals surface area contributed by atoms with Crippen molar-refractivity contribution < 1.29 is 4.52 Å². The second-order valence-electron chi connectivity index (χ2n) is 2.97. The fourth-order valence-corrected chi connectivity index (χ4v) is 2.09. The fourth-order valence-electron chi connectivity index (χ4n) is 1.12. The molecule has 2 aromatic heterocycles. The summed E-state index contributed by atoms with van der Waals surface area (Å²) in [6.45, 7) is 0.826. The third-order valence-corrected chi connectivity index (χ3v) is 3.08. The third kappa shape index (κ3) is 2.56. The van der Waals surface area contributed by atoms with Crippen LogP contribution in [-0.2, 0) is 6.42 Å². The lowest BCUT2D eigenvalue weighted by molar-refractivity contribution is 0.378. The Morgan fingerprint density at radius 2 is 2.40 bits per heavy atom. The highest BCUT2D eigenvalue weighted by Gasteiger charge is 2.09. The van der Waals surface area contributed by atoms with E-state index in [0.29, 0.717) is 11.7 Å². The molecule has 2 aromatic rings. The van der Waals surface area contributed by atoms with Gasteiger partial charge >= 0.3 is 0 Å². The predicted molar refractivity (Wildman–Crippen MR) is 60.3 cm³/mol. The molecule has 0 radical (unpaired) electrons. The molecule has 0 aliphatic rings.